The summed E-state index contributed by atoms with van der Waals surface area (Å²) < 4.78 is 38.5. The van der Waals surface area contributed by atoms with Gasteiger partial charge in [0.05, 0.1) is 19.8 Å². The van der Waals surface area contributed by atoms with E-state index in [2.05, 4.69) is 5.32 Å². The van der Waals surface area contributed by atoms with E-state index in [1.54, 1.807) is 12.1 Å². The van der Waals surface area contributed by atoms with Crippen molar-refractivity contribution in [2.24, 2.45) is 0 Å². The molecule has 2 N–H and O–H groups in total. The molecule has 202 valence electrons. The summed E-state index contributed by atoms with van der Waals surface area (Å²) in [6, 6.07) is 14.1. The van der Waals surface area contributed by atoms with Crippen molar-refractivity contribution >= 4 is 12.0 Å². The number of amides is 2. The van der Waals surface area contributed by atoms with E-state index in [-0.39, 0.29) is 0 Å². The second-order valence-corrected chi connectivity index (χ2v) is 9.63. The number of rotatable bonds is 13. The number of hydrogen-bond donors (Lipinski definition) is 2. The van der Waals surface area contributed by atoms with E-state index in [0.29, 0.717) is 31.1 Å². The first kappa shape index (κ1) is 28.2. The molecule has 2 aromatic rings. The van der Waals surface area contributed by atoms with Crippen LogP contribution in [-0.2, 0) is 11.2 Å². The van der Waals surface area contributed by atoms with Crippen LogP contribution in [0.15, 0.2) is 48.5 Å². The van der Waals surface area contributed by atoms with Crippen molar-refractivity contribution in [3.63, 3.8) is 0 Å². The fourth-order valence-electron chi connectivity index (χ4n) is 4.56. The van der Waals surface area contributed by atoms with Crippen molar-refractivity contribution in [1.29, 1.82) is 0 Å². The van der Waals surface area contributed by atoms with Crippen molar-refractivity contribution in [2.75, 3.05) is 20.3 Å². The van der Waals surface area contributed by atoms with Gasteiger partial charge in [-0.25, -0.2) is 18.4 Å². The van der Waals surface area contributed by atoms with Gasteiger partial charge in [0, 0.05) is 25.5 Å². The number of unbranched alkanes of at least 4 members (excludes halogenated alkanes) is 1. The number of aryl methyl sites for hydroxylation is 1. The Labute approximate surface area is 216 Å². The first-order valence-electron chi connectivity index (χ1n) is 12.6. The molecule has 37 heavy (non-hydrogen) atoms. The summed E-state index contributed by atoms with van der Waals surface area (Å²) in [5.41, 5.74) is -0.0719. The van der Waals surface area contributed by atoms with E-state index in [4.69, 9.17) is 9.47 Å². The van der Waals surface area contributed by atoms with Crippen LogP contribution in [0.5, 0.6) is 11.5 Å². The zero-order valence-corrected chi connectivity index (χ0v) is 21.6. The summed E-state index contributed by atoms with van der Waals surface area (Å²) in [6.45, 7) is 4.64. The lowest BCUT2D eigenvalue weighted by Gasteiger charge is -2.45. The van der Waals surface area contributed by atoms with Gasteiger partial charge in [0.15, 0.2) is 5.54 Å². The highest BCUT2D eigenvalue weighted by Gasteiger charge is 2.62. The number of hydrogen-bond acceptors (Lipinski definition) is 4. The number of carboxylic acids is 1. The normalized spacial score (nSPS) is 16.2. The van der Waals surface area contributed by atoms with Gasteiger partial charge in [-0.3, -0.25) is 0 Å². The van der Waals surface area contributed by atoms with Gasteiger partial charge < -0.3 is 24.8 Å². The van der Waals surface area contributed by atoms with Crippen molar-refractivity contribution < 1.29 is 33.0 Å². The molecule has 0 bridgehead atoms. The van der Waals surface area contributed by atoms with Gasteiger partial charge in [0.2, 0.25) is 0 Å². The first-order chi connectivity index (χ1) is 17.6. The minimum Gasteiger partial charge on any atom is -0.497 e. The zero-order chi connectivity index (χ0) is 27.1. The highest BCUT2D eigenvalue weighted by molar-refractivity contribution is 5.88. The van der Waals surface area contributed by atoms with Gasteiger partial charge >= 0.3 is 12.0 Å². The molecule has 1 atom stereocenters. The lowest BCUT2D eigenvalue weighted by Crippen LogP contribution is -2.68. The molecule has 1 fully saturated rings. The summed E-state index contributed by atoms with van der Waals surface area (Å²) in [7, 11) is 1.54. The second-order valence-electron chi connectivity index (χ2n) is 9.63. The number of alkyl halides is 2. The van der Waals surface area contributed by atoms with E-state index < -0.39 is 42.3 Å². The van der Waals surface area contributed by atoms with E-state index in [1.807, 2.05) is 50.2 Å². The van der Waals surface area contributed by atoms with Crippen LogP contribution in [0.4, 0.5) is 13.6 Å². The molecular formula is C28H36F2N2O5. The molecule has 1 aliphatic carbocycles. The quantitative estimate of drug-likeness (QED) is 0.326. The van der Waals surface area contributed by atoms with Gasteiger partial charge in [-0.2, -0.15) is 0 Å². The molecule has 3 rings (SSSR count). The number of nitrogens with zero attached hydrogens (tertiary/aromatic N) is 1. The van der Waals surface area contributed by atoms with Crippen LogP contribution >= 0.6 is 0 Å². The number of ether oxygens (including phenoxy) is 2. The number of nitrogens with one attached hydrogen (secondary N) is 1. The molecule has 9 heteroatoms. The highest BCUT2D eigenvalue weighted by Crippen LogP contribution is 2.46. The number of benzene rings is 2. The van der Waals surface area contributed by atoms with Crippen molar-refractivity contribution in [2.45, 2.75) is 69.9 Å². The number of urea groups is 1. The topological polar surface area (TPSA) is 88.1 Å². The van der Waals surface area contributed by atoms with Crippen molar-refractivity contribution in [3.8, 4) is 11.5 Å². The minimum absolute atomic E-state index is 0.314. The van der Waals surface area contributed by atoms with Gasteiger partial charge in [-0.1, -0.05) is 37.3 Å². The Balaban J connectivity index is 1.80. The van der Waals surface area contributed by atoms with Crippen LogP contribution in [0.1, 0.15) is 63.1 Å². The molecular weight excluding hydrogens is 482 g/mol. The van der Waals surface area contributed by atoms with Gasteiger partial charge in [0.1, 0.15) is 11.5 Å². The summed E-state index contributed by atoms with van der Waals surface area (Å²) in [5.74, 6) is -3.43. The maximum Gasteiger partial charge on any atom is 0.329 e. The summed E-state index contributed by atoms with van der Waals surface area (Å²) in [6.07, 6.45) is 1.23. The molecule has 0 radical (unpaired) electrons. The van der Waals surface area contributed by atoms with E-state index in [0.717, 1.165) is 24.8 Å². The first-order valence-corrected chi connectivity index (χ1v) is 12.6. The number of carbonyl (C=O) groups is 2. The van der Waals surface area contributed by atoms with Gasteiger partial charge in [0.25, 0.3) is 5.92 Å². The standard InChI is InChI=1S/C28H36F2N2O5/c1-4-14-37-24-16-22(15-23(17-24)36-3)20(2)32(13-9-8-12-21-10-6-5-7-11-21)26(35)31-27(25(33)34)18-28(29,30)19-27/h5-7,10-11,15-17,20H,4,8-9,12-14,18-19H2,1-3H3,(H,31,35)(H,33,34). The van der Waals surface area contributed by atoms with Crippen LogP contribution in [-0.4, -0.2) is 53.7 Å². The molecule has 0 aromatic heterocycles. The van der Waals surface area contributed by atoms with Crippen molar-refractivity contribution in [1.82, 2.24) is 10.2 Å². The minimum atomic E-state index is -3.11. The molecule has 0 saturated heterocycles. The van der Waals surface area contributed by atoms with E-state index in [9.17, 15) is 23.5 Å². The Morgan fingerprint density at radius 2 is 1.78 bits per heavy atom. The molecule has 7 nitrogen and oxygen atoms in total. The second kappa shape index (κ2) is 12.3. The van der Waals surface area contributed by atoms with Crippen molar-refractivity contribution in [3.05, 3.63) is 59.7 Å². The average Bonchev–Trinajstić information content (AvgIpc) is 2.86. The number of aliphatic carboxylic acids is 1. The lowest BCUT2D eigenvalue weighted by atomic mass is 9.73. The van der Waals surface area contributed by atoms with Crippen LogP contribution in [0.25, 0.3) is 0 Å². The Hall–Kier alpha value is -3.36. The number of halogens is 2. The van der Waals surface area contributed by atoms with Gasteiger partial charge in [-0.15, -0.1) is 0 Å². The smallest absolute Gasteiger partial charge is 0.329 e. The third-order valence-electron chi connectivity index (χ3n) is 6.66. The molecule has 2 aromatic carbocycles. The summed E-state index contributed by atoms with van der Waals surface area (Å²) in [5, 5.41) is 12.0. The van der Waals surface area contributed by atoms with E-state index in [1.165, 1.54) is 17.6 Å². The van der Waals surface area contributed by atoms with Crippen LogP contribution < -0.4 is 14.8 Å². The third-order valence-corrected chi connectivity index (χ3v) is 6.66. The molecule has 2 amide bonds. The van der Waals surface area contributed by atoms with Crippen LogP contribution in [0.3, 0.4) is 0 Å². The number of carbonyl (C=O) groups excluding carboxylic acids is 1. The summed E-state index contributed by atoms with van der Waals surface area (Å²) in [4.78, 5) is 26.7. The molecule has 0 aliphatic heterocycles. The molecule has 0 spiro atoms. The maximum atomic E-state index is 13.7. The Bertz CT molecular complexity index is 1060. The largest absolute Gasteiger partial charge is 0.497 e. The lowest BCUT2D eigenvalue weighted by molar-refractivity contribution is -0.175. The Kier molecular flexibility index (Phi) is 9.34. The monoisotopic (exact) mass is 518 g/mol. The fraction of sp³-hybridized carbons (Fsp3) is 0.500. The van der Waals surface area contributed by atoms with Crippen LogP contribution in [0.2, 0.25) is 0 Å². The molecule has 1 saturated carbocycles. The molecule has 1 aliphatic rings. The maximum absolute atomic E-state index is 13.7. The van der Waals surface area contributed by atoms with Crippen LogP contribution in [0, 0.1) is 0 Å². The SMILES string of the molecule is CCCOc1cc(OC)cc(C(C)N(CCCCc2ccccc2)C(=O)NC2(C(=O)O)CC(F)(F)C2)c1. The predicted molar refractivity (Wildman–Crippen MR) is 136 cm³/mol. The molecule has 1 unspecified atom stereocenters. The number of carboxylic acid groups (broad SMARTS) is 1. The summed E-state index contributed by atoms with van der Waals surface area (Å²) >= 11 is 0. The predicted octanol–water partition coefficient (Wildman–Crippen LogP) is 5.83. The van der Waals surface area contributed by atoms with E-state index >= 15 is 0 Å². The Morgan fingerprint density at radius 3 is 2.38 bits per heavy atom. The fourth-order valence-corrected chi connectivity index (χ4v) is 4.56. The highest BCUT2D eigenvalue weighted by atomic mass is 19.3. The Morgan fingerprint density at radius 1 is 1.11 bits per heavy atom. The third kappa shape index (κ3) is 7.33. The average molecular weight is 519 g/mol. The molecule has 0 heterocycles. The zero-order valence-electron chi connectivity index (χ0n) is 21.6. The van der Waals surface area contributed by atoms with Gasteiger partial charge in [-0.05, 0) is 55.9 Å². The number of methoxy groups -OCH3 is 1.